The molecule has 0 unspecified atom stereocenters. The minimum atomic E-state index is 0.839. The molecule has 0 aliphatic heterocycles. The Hall–Kier alpha value is -2.81. The Morgan fingerprint density at radius 2 is 1.80 bits per heavy atom. The van der Waals surface area contributed by atoms with Crippen LogP contribution in [0.1, 0.15) is 37.0 Å². The molecule has 3 nitrogen and oxygen atoms in total. The predicted molar refractivity (Wildman–Crippen MR) is 112 cm³/mol. The van der Waals surface area contributed by atoms with E-state index in [2.05, 4.69) is 80.5 Å². The summed E-state index contributed by atoms with van der Waals surface area (Å²) in [6.45, 7) is 18.1. The quantitative estimate of drug-likeness (QED) is 0.555. The molecule has 3 heteroatoms. The third-order valence-corrected chi connectivity index (χ3v) is 4.24. The van der Waals surface area contributed by atoms with Gasteiger partial charge < -0.3 is 10.6 Å². The second-order valence-electron chi connectivity index (χ2n) is 6.07. The van der Waals surface area contributed by atoms with Gasteiger partial charge in [0.15, 0.2) is 0 Å². The topological polar surface area (TPSA) is 36.4 Å². The lowest BCUT2D eigenvalue weighted by molar-refractivity contribution is 1.11. The van der Waals surface area contributed by atoms with Crippen LogP contribution in [0.15, 0.2) is 60.2 Å². The van der Waals surface area contributed by atoms with Crippen molar-refractivity contribution < 1.29 is 0 Å². The average molecular weight is 333 g/mol. The van der Waals surface area contributed by atoms with Gasteiger partial charge >= 0.3 is 0 Å². The lowest BCUT2D eigenvalue weighted by Crippen LogP contribution is -2.01. The van der Waals surface area contributed by atoms with Crippen LogP contribution in [0.5, 0.6) is 0 Å². The molecule has 0 fully saturated rings. The lowest BCUT2D eigenvalue weighted by atomic mass is 10.0. The van der Waals surface area contributed by atoms with Gasteiger partial charge in [0.25, 0.3) is 0 Å². The zero-order valence-corrected chi connectivity index (χ0v) is 15.4. The van der Waals surface area contributed by atoms with Crippen molar-refractivity contribution >= 4 is 29.5 Å². The van der Waals surface area contributed by atoms with E-state index in [4.69, 9.17) is 0 Å². The second kappa shape index (κ2) is 8.34. The van der Waals surface area contributed by atoms with E-state index in [9.17, 15) is 0 Å². The molecule has 2 N–H and O–H groups in total. The van der Waals surface area contributed by atoms with Crippen LogP contribution in [-0.4, -0.2) is 6.72 Å². The zero-order valence-electron chi connectivity index (χ0n) is 15.4. The molecule has 2 aromatic rings. The number of aryl methyl sites for hydroxylation is 2. The number of aliphatic imine (C=N–C) groups is 1. The molecule has 0 aliphatic carbocycles. The maximum atomic E-state index is 4.16. The van der Waals surface area contributed by atoms with Crippen LogP contribution in [0.3, 0.4) is 0 Å². The molecule has 0 aliphatic rings. The van der Waals surface area contributed by atoms with Crippen molar-refractivity contribution in [2.24, 2.45) is 4.99 Å². The number of allylic oxidation sites excluding steroid dienone is 1. The summed E-state index contributed by atoms with van der Waals surface area (Å²) in [6, 6.07) is 12.4. The van der Waals surface area contributed by atoms with E-state index in [0.717, 1.165) is 52.4 Å². The molecule has 0 radical (unpaired) electrons. The highest BCUT2D eigenvalue weighted by molar-refractivity contribution is 5.78. The third-order valence-electron chi connectivity index (χ3n) is 4.24. The number of hydrogen-bond donors (Lipinski definition) is 2. The van der Waals surface area contributed by atoms with Crippen molar-refractivity contribution in [1.29, 1.82) is 0 Å². The summed E-state index contributed by atoms with van der Waals surface area (Å²) in [5.41, 5.74) is 8.20. The number of benzene rings is 2. The minimum absolute atomic E-state index is 0.839. The van der Waals surface area contributed by atoms with Crippen LogP contribution < -0.4 is 10.6 Å². The van der Waals surface area contributed by atoms with Crippen molar-refractivity contribution in [3.8, 4) is 0 Å². The van der Waals surface area contributed by atoms with E-state index in [1.807, 2.05) is 12.1 Å². The Morgan fingerprint density at radius 3 is 2.40 bits per heavy atom. The fourth-order valence-corrected chi connectivity index (χ4v) is 2.60. The number of hydrogen-bond acceptors (Lipinski definition) is 3. The standard InChI is InChI=1S/C22H27N3/c1-7-16(4)24-21-12-11-20(13-15(21)3)25-17(5)19-10-9-18(8-2)22(14-19)23-6/h9-14,24-25H,4-8H2,1-3H3. The second-order valence-corrected chi connectivity index (χ2v) is 6.07. The van der Waals surface area contributed by atoms with Crippen LogP contribution in [0.25, 0.3) is 5.70 Å². The fourth-order valence-electron chi connectivity index (χ4n) is 2.60. The average Bonchev–Trinajstić information content (AvgIpc) is 2.63. The highest BCUT2D eigenvalue weighted by atomic mass is 14.9. The monoisotopic (exact) mass is 333 g/mol. The first-order chi connectivity index (χ1) is 12.0. The zero-order chi connectivity index (χ0) is 18.4. The van der Waals surface area contributed by atoms with Crippen LogP contribution >= 0.6 is 0 Å². The van der Waals surface area contributed by atoms with Gasteiger partial charge in [0.1, 0.15) is 0 Å². The van der Waals surface area contributed by atoms with Crippen LogP contribution in [0, 0.1) is 6.92 Å². The molecule has 2 rings (SSSR count). The van der Waals surface area contributed by atoms with Gasteiger partial charge in [-0.25, -0.2) is 0 Å². The number of nitrogens with one attached hydrogen (secondary N) is 2. The van der Waals surface area contributed by atoms with Crippen molar-refractivity contribution in [2.45, 2.75) is 33.6 Å². The lowest BCUT2D eigenvalue weighted by Gasteiger charge is -2.15. The van der Waals surface area contributed by atoms with Crippen molar-refractivity contribution in [3.05, 3.63) is 71.9 Å². The molecule has 25 heavy (non-hydrogen) atoms. The van der Waals surface area contributed by atoms with E-state index < -0.39 is 0 Å². The summed E-state index contributed by atoms with van der Waals surface area (Å²) in [6.07, 6.45) is 1.84. The normalized spacial score (nSPS) is 10.2. The van der Waals surface area contributed by atoms with Gasteiger partial charge in [0, 0.05) is 22.8 Å². The summed E-state index contributed by atoms with van der Waals surface area (Å²) >= 11 is 0. The largest absolute Gasteiger partial charge is 0.359 e. The number of anilines is 2. The minimum Gasteiger partial charge on any atom is -0.359 e. The van der Waals surface area contributed by atoms with Crippen LogP contribution in [0.2, 0.25) is 0 Å². The molecule has 0 spiro atoms. The van der Waals surface area contributed by atoms with E-state index >= 15 is 0 Å². The number of nitrogens with zero attached hydrogens (tertiary/aromatic N) is 1. The first-order valence-electron chi connectivity index (χ1n) is 8.59. The molecule has 0 bridgehead atoms. The van der Waals surface area contributed by atoms with Crippen LogP contribution in [-0.2, 0) is 6.42 Å². The third kappa shape index (κ3) is 4.60. The van der Waals surface area contributed by atoms with Gasteiger partial charge in [-0.15, -0.1) is 0 Å². The van der Waals surface area contributed by atoms with Crippen LogP contribution in [0.4, 0.5) is 17.1 Å². The Kier molecular flexibility index (Phi) is 6.18. The predicted octanol–water partition coefficient (Wildman–Crippen LogP) is 6.31. The van der Waals surface area contributed by atoms with Crippen molar-refractivity contribution in [2.75, 3.05) is 10.6 Å². The molecule has 130 valence electrons. The molecule has 0 heterocycles. The van der Waals surface area contributed by atoms with Gasteiger partial charge in [-0.3, -0.25) is 4.99 Å². The van der Waals surface area contributed by atoms with Gasteiger partial charge in [-0.1, -0.05) is 39.1 Å². The fraction of sp³-hybridized carbons (Fsp3) is 0.227. The summed E-state index contributed by atoms with van der Waals surface area (Å²) in [5.74, 6) is 0. The van der Waals surface area contributed by atoms with Gasteiger partial charge in [0.05, 0.1) is 5.69 Å². The molecule has 2 aromatic carbocycles. The molecule has 0 atom stereocenters. The van der Waals surface area contributed by atoms with E-state index in [1.54, 1.807) is 0 Å². The Labute approximate surface area is 151 Å². The molecule has 0 saturated carbocycles. The molecule has 0 aromatic heterocycles. The summed E-state index contributed by atoms with van der Waals surface area (Å²) in [5, 5.41) is 6.71. The Morgan fingerprint density at radius 1 is 1.04 bits per heavy atom. The maximum Gasteiger partial charge on any atom is 0.0660 e. The highest BCUT2D eigenvalue weighted by Crippen LogP contribution is 2.27. The number of rotatable bonds is 8. The Bertz CT molecular complexity index is 803. The SMILES string of the molecule is C=Nc1cc(C(=C)Nc2ccc(NC(=C)CC)c(C)c2)ccc1CC. The van der Waals surface area contributed by atoms with Crippen molar-refractivity contribution in [3.63, 3.8) is 0 Å². The molecule has 0 amide bonds. The first kappa shape index (κ1) is 18.5. The van der Waals surface area contributed by atoms with Gasteiger partial charge in [-0.2, -0.15) is 0 Å². The van der Waals surface area contributed by atoms with E-state index in [0.29, 0.717) is 0 Å². The first-order valence-corrected chi connectivity index (χ1v) is 8.59. The molecular weight excluding hydrogens is 306 g/mol. The summed E-state index contributed by atoms with van der Waals surface area (Å²) in [4.78, 5) is 4.12. The van der Waals surface area contributed by atoms with Gasteiger partial charge in [0.2, 0.25) is 0 Å². The van der Waals surface area contributed by atoms with Crippen molar-refractivity contribution in [1.82, 2.24) is 0 Å². The smallest absolute Gasteiger partial charge is 0.0660 e. The summed E-state index contributed by atoms with van der Waals surface area (Å²) < 4.78 is 0. The highest BCUT2D eigenvalue weighted by Gasteiger charge is 2.06. The molecule has 0 saturated heterocycles. The van der Waals surface area contributed by atoms with E-state index in [1.165, 1.54) is 5.56 Å². The van der Waals surface area contributed by atoms with E-state index in [-0.39, 0.29) is 0 Å². The molecular formula is C22H27N3. The Balaban J connectivity index is 2.16. The maximum absolute atomic E-state index is 4.16. The summed E-state index contributed by atoms with van der Waals surface area (Å²) in [7, 11) is 0. The van der Waals surface area contributed by atoms with Gasteiger partial charge in [-0.05, 0) is 67.4 Å².